The Hall–Kier alpha value is -5.04. The van der Waals surface area contributed by atoms with E-state index >= 15 is 0 Å². The second-order valence-electron chi connectivity index (χ2n) is 10.8. The van der Waals surface area contributed by atoms with E-state index in [0.29, 0.717) is 22.9 Å². The summed E-state index contributed by atoms with van der Waals surface area (Å²) in [6, 6.07) is 13.7. The zero-order chi connectivity index (χ0) is 31.4. The zero-order valence-corrected chi connectivity index (χ0v) is 24.5. The summed E-state index contributed by atoms with van der Waals surface area (Å²) in [5.74, 6) is 0.135. The summed E-state index contributed by atoms with van der Waals surface area (Å²) < 4.78 is 30.5. The van der Waals surface area contributed by atoms with Gasteiger partial charge in [-0.05, 0) is 55.5 Å². The predicted octanol–water partition coefficient (Wildman–Crippen LogP) is 4.58. The third kappa shape index (κ3) is 6.78. The van der Waals surface area contributed by atoms with Gasteiger partial charge in [-0.2, -0.15) is 0 Å². The molecule has 0 unspecified atom stereocenters. The van der Waals surface area contributed by atoms with Crippen molar-refractivity contribution in [3.8, 4) is 17.2 Å². The molecule has 3 aromatic carbocycles. The van der Waals surface area contributed by atoms with Crippen LogP contribution in [-0.4, -0.2) is 78.6 Å². The largest absolute Gasteiger partial charge is 0.485 e. The molecule has 0 saturated carbocycles. The van der Waals surface area contributed by atoms with Crippen molar-refractivity contribution >= 4 is 35.0 Å². The number of amides is 5. The minimum absolute atomic E-state index is 0.0983. The van der Waals surface area contributed by atoms with Gasteiger partial charge in [-0.15, -0.1) is 0 Å². The Morgan fingerprint density at radius 1 is 1.05 bits per heavy atom. The van der Waals surface area contributed by atoms with Gasteiger partial charge in [-0.1, -0.05) is 13.0 Å². The van der Waals surface area contributed by atoms with Crippen LogP contribution in [0.4, 0.5) is 31.0 Å². The first-order valence-electron chi connectivity index (χ1n) is 14.1. The SMILES string of the molecule is C[C@@H]1CN([C@H](C)CO)C(=O)c2cccc(NC(=O)Nc3ccc4c(c3)OCO4)c2O[C@@H]1CN(C)C(=O)Nc1ccc(F)cc1. The standard InChI is InChI=1S/C31H34FN5O7/c1-18-14-37(19(2)16-38)29(39)23-5-4-6-24(35-30(40)33-22-11-12-25-26(13-22)43-17-42-25)28(23)44-27(18)15-36(3)31(41)34-21-9-7-20(32)8-10-21/h4-13,18-19,27,38H,14-17H2,1-3H3,(H,34,41)(H2,33,35,40)/t18-,19-,27-/m1/s1. The number of fused-ring (bicyclic) bond motifs is 2. The number of likely N-dealkylation sites (N-methyl/N-ethyl adjacent to an activating group) is 1. The molecular weight excluding hydrogens is 573 g/mol. The van der Waals surface area contributed by atoms with E-state index in [1.165, 1.54) is 29.2 Å². The van der Waals surface area contributed by atoms with Crippen LogP contribution < -0.4 is 30.2 Å². The molecule has 13 heteroatoms. The number of hydrogen-bond donors (Lipinski definition) is 4. The highest BCUT2D eigenvalue weighted by molar-refractivity contribution is 6.04. The summed E-state index contributed by atoms with van der Waals surface area (Å²) in [7, 11) is 1.59. The fourth-order valence-electron chi connectivity index (χ4n) is 4.92. The van der Waals surface area contributed by atoms with Crippen LogP contribution in [0.2, 0.25) is 0 Å². The van der Waals surface area contributed by atoms with Gasteiger partial charge in [0.2, 0.25) is 6.79 Å². The summed E-state index contributed by atoms with van der Waals surface area (Å²) in [5.41, 5.74) is 1.32. The third-order valence-corrected chi connectivity index (χ3v) is 7.47. The summed E-state index contributed by atoms with van der Waals surface area (Å²) in [6.45, 7) is 3.83. The van der Waals surface area contributed by atoms with Crippen molar-refractivity contribution in [2.75, 3.05) is 49.5 Å². The Morgan fingerprint density at radius 3 is 2.52 bits per heavy atom. The molecule has 0 saturated heterocycles. The second-order valence-corrected chi connectivity index (χ2v) is 10.8. The molecule has 0 aliphatic carbocycles. The molecule has 5 rings (SSSR count). The number of carbonyl (C=O) groups excluding carboxylic acids is 3. The molecule has 3 aromatic rings. The van der Waals surface area contributed by atoms with Gasteiger partial charge < -0.3 is 45.1 Å². The molecule has 0 radical (unpaired) electrons. The first-order chi connectivity index (χ1) is 21.1. The van der Waals surface area contributed by atoms with Crippen LogP contribution in [0.5, 0.6) is 17.2 Å². The predicted molar refractivity (Wildman–Crippen MR) is 161 cm³/mol. The van der Waals surface area contributed by atoms with Crippen LogP contribution in [0.25, 0.3) is 0 Å². The highest BCUT2D eigenvalue weighted by atomic mass is 19.1. The van der Waals surface area contributed by atoms with Crippen molar-refractivity contribution < 1.29 is 38.1 Å². The molecule has 2 aliphatic heterocycles. The third-order valence-electron chi connectivity index (χ3n) is 7.47. The number of aliphatic hydroxyl groups is 1. The quantitative estimate of drug-likeness (QED) is 0.308. The van der Waals surface area contributed by atoms with E-state index in [2.05, 4.69) is 16.0 Å². The van der Waals surface area contributed by atoms with Gasteiger partial charge in [0.25, 0.3) is 5.91 Å². The van der Waals surface area contributed by atoms with E-state index in [4.69, 9.17) is 14.2 Å². The minimum atomic E-state index is -0.626. The van der Waals surface area contributed by atoms with Crippen LogP contribution >= 0.6 is 0 Å². The van der Waals surface area contributed by atoms with Crippen LogP contribution in [0, 0.1) is 11.7 Å². The van der Waals surface area contributed by atoms with E-state index in [-0.39, 0.29) is 55.3 Å². The second kappa shape index (κ2) is 13.1. The van der Waals surface area contributed by atoms with Crippen molar-refractivity contribution in [1.82, 2.24) is 9.80 Å². The Morgan fingerprint density at radius 2 is 1.77 bits per heavy atom. The van der Waals surface area contributed by atoms with E-state index in [9.17, 15) is 23.9 Å². The topological polar surface area (TPSA) is 142 Å². The molecule has 5 amide bonds. The Kier molecular flexibility index (Phi) is 9.04. The Bertz CT molecular complexity index is 1540. The highest BCUT2D eigenvalue weighted by Crippen LogP contribution is 2.36. The summed E-state index contributed by atoms with van der Waals surface area (Å²) in [6.07, 6.45) is -0.626. The molecule has 2 heterocycles. The number of nitrogens with zero attached hydrogens (tertiary/aromatic N) is 2. The number of hydrogen-bond acceptors (Lipinski definition) is 7. The summed E-state index contributed by atoms with van der Waals surface area (Å²) >= 11 is 0. The molecule has 2 aliphatic rings. The number of rotatable bonds is 7. The zero-order valence-electron chi connectivity index (χ0n) is 24.5. The van der Waals surface area contributed by atoms with Crippen molar-refractivity contribution in [2.24, 2.45) is 5.92 Å². The van der Waals surface area contributed by atoms with Gasteiger partial charge in [-0.3, -0.25) is 4.79 Å². The maximum atomic E-state index is 13.7. The number of anilines is 3. The van der Waals surface area contributed by atoms with Crippen molar-refractivity contribution in [3.63, 3.8) is 0 Å². The van der Waals surface area contributed by atoms with Crippen molar-refractivity contribution in [2.45, 2.75) is 26.0 Å². The van der Waals surface area contributed by atoms with Gasteiger partial charge in [0.1, 0.15) is 11.9 Å². The lowest BCUT2D eigenvalue weighted by Crippen LogP contribution is -2.50. The number of halogens is 1. The molecule has 44 heavy (non-hydrogen) atoms. The van der Waals surface area contributed by atoms with E-state index < -0.39 is 30.0 Å². The molecule has 12 nitrogen and oxygen atoms in total. The smallest absolute Gasteiger partial charge is 0.323 e. The van der Waals surface area contributed by atoms with Gasteiger partial charge >= 0.3 is 12.1 Å². The molecule has 0 fully saturated rings. The van der Waals surface area contributed by atoms with Crippen molar-refractivity contribution in [1.29, 1.82) is 0 Å². The first-order valence-corrected chi connectivity index (χ1v) is 14.1. The fraction of sp³-hybridized carbons (Fsp3) is 0.323. The molecule has 0 bridgehead atoms. The van der Waals surface area contributed by atoms with Gasteiger partial charge in [0, 0.05) is 37.0 Å². The number of nitrogens with one attached hydrogen (secondary N) is 3. The van der Waals surface area contributed by atoms with Crippen LogP contribution in [0.3, 0.4) is 0 Å². The highest BCUT2D eigenvalue weighted by Gasteiger charge is 2.35. The maximum Gasteiger partial charge on any atom is 0.323 e. The van der Waals surface area contributed by atoms with Crippen molar-refractivity contribution in [3.05, 3.63) is 72.0 Å². The molecule has 0 spiro atoms. The number of ether oxygens (including phenoxy) is 3. The first kappa shape index (κ1) is 30.4. The maximum absolute atomic E-state index is 13.7. The fourth-order valence-corrected chi connectivity index (χ4v) is 4.92. The minimum Gasteiger partial charge on any atom is -0.485 e. The lowest BCUT2D eigenvalue weighted by atomic mass is 9.99. The van der Waals surface area contributed by atoms with E-state index in [1.54, 1.807) is 55.3 Å². The lowest BCUT2D eigenvalue weighted by Gasteiger charge is -2.38. The van der Waals surface area contributed by atoms with Gasteiger partial charge in [0.15, 0.2) is 17.2 Å². The molecule has 232 valence electrons. The number of aliphatic hydroxyl groups excluding tert-OH is 1. The van der Waals surface area contributed by atoms with Gasteiger partial charge in [0.05, 0.1) is 30.4 Å². The Labute approximate surface area is 253 Å². The van der Waals surface area contributed by atoms with Crippen LogP contribution in [0.15, 0.2) is 60.7 Å². The number of carbonyl (C=O) groups is 3. The average Bonchev–Trinajstić information content (AvgIpc) is 3.48. The molecule has 0 aromatic heterocycles. The molecular formula is C31H34FN5O7. The summed E-state index contributed by atoms with van der Waals surface area (Å²) in [4.78, 5) is 42.8. The van der Waals surface area contributed by atoms with Crippen LogP contribution in [0.1, 0.15) is 24.2 Å². The monoisotopic (exact) mass is 607 g/mol. The van der Waals surface area contributed by atoms with Crippen LogP contribution in [-0.2, 0) is 0 Å². The summed E-state index contributed by atoms with van der Waals surface area (Å²) in [5, 5.41) is 18.2. The van der Waals surface area contributed by atoms with Gasteiger partial charge in [-0.25, -0.2) is 14.0 Å². The lowest BCUT2D eigenvalue weighted by molar-refractivity contribution is 0.0373. The molecule has 3 atom stereocenters. The average molecular weight is 608 g/mol. The van der Waals surface area contributed by atoms with E-state index in [0.717, 1.165) is 0 Å². The molecule has 4 N–H and O–H groups in total. The normalized spacial score (nSPS) is 17.8. The number of benzene rings is 3. The number of urea groups is 2. The Balaban J connectivity index is 1.39. The van der Waals surface area contributed by atoms with E-state index in [1.807, 2.05) is 6.92 Å². The number of para-hydroxylation sites is 1.